The maximum Gasteiger partial charge on any atom is 0.226 e. The smallest absolute Gasteiger partial charge is 0.226 e. The number of hydrogen-bond donors (Lipinski definition) is 1. The first-order valence-electron chi connectivity index (χ1n) is 12.4. The van der Waals surface area contributed by atoms with E-state index in [4.69, 9.17) is 4.74 Å². The summed E-state index contributed by atoms with van der Waals surface area (Å²) in [7, 11) is 0. The topological polar surface area (TPSA) is 38.3 Å². The lowest BCUT2D eigenvalue weighted by Gasteiger charge is -2.66. The lowest BCUT2D eigenvalue weighted by molar-refractivity contribution is -0.172. The summed E-state index contributed by atoms with van der Waals surface area (Å²) >= 11 is 0. The molecule has 4 atom stereocenters. The van der Waals surface area contributed by atoms with Crippen molar-refractivity contribution in [1.82, 2.24) is 5.32 Å². The largest absolute Gasteiger partial charge is 0.381 e. The third-order valence-corrected chi connectivity index (χ3v) is 9.02. The molecule has 4 bridgehead atoms. The Morgan fingerprint density at radius 2 is 1.80 bits per heavy atom. The Labute approximate surface area is 182 Å². The number of amides is 1. The van der Waals surface area contributed by atoms with Gasteiger partial charge >= 0.3 is 0 Å². The molecule has 0 saturated heterocycles. The molecule has 164 valence electrons. The molecule has 0 spiro atoms. The molecule has 1 aromatic carbocycles. The maximum atomic E-state index is 13.9. The van der Waals surface area contributed by atoms with E-state index in [1.165, 1.54) is 37.7 Å². The summed E-state index contributed by atoms with van der Waals surface area (Å²) in [4.78, 5) is 13.9. The van der Waals surface area contributed by atoms with Crippen molar-refractivity contribution in [3.8, 4) is 0 Å². The van der Waals surface area contributed by atoms with Crippen molar-refractivity contribution < 1.29 is 9.53 Å². The van der Waals surface area contributed by atoms with Crippen LogP contribution in [0.3, 0.4) is 0 Å². The summed E-state index contributed by atoms with van der Waals surface area (Å²) in [6.07, 6.45) is 11.6. The van der Waals surface area contributed by atoms with Gasteiger partial charge in [0, 0.05) is 12.6 Å². The normalized spacial score (nSPS) is 42.3. The van der Waals surface area contributed by atoms with E-state index < -0.39 is 0 Å². The molecule has 0 aromatic heterocycles. The van der Waals surface area contributed by atoms with Crippen LogP contribution in [0, 0.1) is 22.7 Å². The molecule has 6 rings (SSSR count). The van der Waals surface area contributed by atoms with Gasteiger partial charge in [-0.3, -0.25) is 4.79 Å². The van der Waals surface area contributed by atoms with Crippen LogP contribution in [-0.2, 0) is 14.9 Å². The van der Waals surface area contributed by atoms with Gasteiger partial charge in [0.2, 0.25) is 5.91 Å². The SMILES string of the molecule is CCOC[C@]12CC3CC(C(=O)N[C@H]4CC[C@H](C)CC4)(C1)C[C@@](c1ccccc1)(C3)C2. The molecule has 3 nitrogen and oxygen atoms in total. The number of carbonyl (C=O) groups excluding carboxylic acids is 1. The van der Waals surface area contributed by atoms with Gasteiger partial charge in [-0.25, -0.2) is 0 Å². The standard InChI is InChI=1S/C27H39NO2/c1-3-30-19-25-13-21-14-26(16-25,22-7-5-4-6-8-22)18-27(15-21,17-25)24(29)28-23-11-9-20(2)10-12-23/h4-8,20-21,23H,3,9-19H2,1-2H3,(H,28,29)/t20-,21?,23-,25-,26+,27?/m0/s1. The van der Waals surface area contributed by atoms with Crippen LogP contribution in [0.2, 0.25) is 0 Å². The third kappa shape index (κ3) is 3.51. The fourth-order valence-electron chi connectivity index (χ4n) is 8.23. The van der Waals surface area contributed by atoms with Gasteiger partial charge in [0.15, 0.2) is 0 Å². The second-order valence-electron chi connectivity index (χ2n) is 11.5. The van der Waals surface area contributed by atoms with Crippen LogP contribution in [-0.4, -0.2) is 25.2 Å². The third-order valence-electron chi connectivity index (χ3n) is 9.02. The monoisotopic (exact) mass is 409 g/mol. The number of hydrogen-bond acceptors (Lipinski definition) is 2. The number of carbonyl (C=O) groups is 1. The van der Waals surface area contributed by atoms with Crippen LogP contribution in [0.4, 0.5) is 0 Å². The summed E-state index contributed by atoms with van der Waals surface area (Å²) in [5, 5.41) is 3.56. The highest BCUT2D eigenvalue weighted by Crippen LogP contribution is 2.70. The number of ether oxygens (including phenoxy) is 1. The fraction of sp³-hybridized carbons (Fsp3) is 0.741. The second kappa shape index (κ2) is 7.65. The first-order chi connectivity index (χ1) is 14.5. The van der Waals surface area contributed by atoms with Gasteiger partial charge in [0.1, 0.15) is 0 Å². The van der Waals surface area contributed by atoms with Crippen LogP contribution in [0.1, 0.15) is 83.6 Å². The van der Waals surface area contributed by atoms with Gasteiger partial charge < -0.3 is 10.1 Å². The minimum atomic E-state index is -0.199. The molecule has 5 aliphatic rings. The predicted octanol–water partition coefficient (Wildman–Crippen LogP) is 5.63. The van der Waals surface area contributed by atoms with Crippen molar-refractivity contribution in [2.45, 2.75) is 89.5 Å². The van der Waals surface area contributed by atoms with E-state index in [0.717, 1.165) is 51.2 Å². The van der Waals surface area contributed by atoms with Crippen LogP contribution >= 0.6 is 0 Å². The van der Waals surface area contributed by atoms with Crippen LogP contribution in [0.5, 0.6) is 0 Å². The molecular formula is C27H39NO2. The first kappa shape index (κ1) is 20.5. The van der Waals surface area contributed by atoms with Gasteiger partial charge in [0.25, 0.3) is 0 Å². The van der Waals surface area contributed by atoms with Crippen molar-refractivity contribution in [3.05, 3.63) is 35.9 Å². The molecule has 1 N–H and O–H groups in total. The first-order valence-corrected chi connectivity index (χ1v) is 12.4. The Balaban J connectivity index is 1.45. The quantitative estimate of drug-likeness (QED) is 0.661. The summed E-state index contributed by atoms with van der Waals surface area (Å²) in [5.74, 6) is 1.83. The molecule has 5 aliphatic carbocycles. The zero-order valence-corrected chi connectivity index (χ0v) is 18.9. The van der Waals surface area contributed by atoms with Crippen LogP contribution < -0.4 is 5.32 Å². The molecule has 0 aliphatic heterocycles. The van der Waals surface area contributed by atoms with E-state index in [2.05, 4.69) is 49.5 Å². The Bertz CT molecular complexity index is 770. The zero-order valence-electron chi connectivity index (χ0n) is 18.9. The van der Waals surface area contributed by atoms with Crippen molar-refractivity contribution in [2.75, 3.05) is 13.2 Å². The molecular weight excluding hydrogens is 370 g/mol. The highest BCUT2D eigenvalue weighted by atomic mass is 16.5. The highest BCUT2D eigenvalue weighted by Gasteiger charge is 2.66. The Kier molecular flexibility index (Phi) is 5.24. The molecule has 5 saturated carbocycles. The van der Waals surface area contributed by atoms with Crippen LogP contribution in [0.15, 0.2) is 30.3 Å². The Hall–Kier alpha value is -1.35. The van der Waals surface area contributed by atoms with E-state index in [0.29, 0.717) is 17.9 Å². The van der Waals surface area contributed by atoms with E-state index in [9.17, 15) is 4.79 Å². The molecule has 5 fully saturated rings. The van der Waals surface area contributed by atoms with Gasteiger partial charge in [-0.2, -0.15) is 0 Å². The predicted molar refractivity (Wildman–Crippen MR) is 120 cm³/mol. The second-order valence-corrected chi connectivity index (χ2v) is 11.5. The molecule has 3 heteroatoms. The Morgan fingerprint density at radius 1 is 1.03 bits per heavy atom. The number of rotatable bonds is 6. The fourth-order valence-corrected chi connectivity index (χ4v) is 8.23. The van der Waals surface area contributed by atoms with E-state index in [-0.39, 0.29) is 16.2 Å². The van der Waals surface area contributed by atoms with Crippen molar-refractivity contribution >= 4 is 5.91 Å². The van der Waals surface area contributed by atoms with Gasteiger partial charge in [-0.15, -0.1) is 0 Å². The molecule has 30 heavy (non-hydrogen) atoms. The van der Waals surface area contributed by atoms with Gasteiger partial charge in [0.05, 0.1) is 12.0 Å². The molecule has 2 unspecified atom stereocenters. The summed E-state index contributed by atoms with van der Waals surface area (Å²) in [6.45, 7) is 6.03. The van der Waals surface area contributed by atoms with Gasteiger partial charge in [-0.05, 0) is 99.4 Å². The molecule has 1 amide bonds. The average Bonchev–Trinajstić information content (AvgIpc) is 2.74. The van der Waals surface area contributed by atoms with E-state index >= 15 is 0 Å². The van der Waals surface area contributed by atoms with E-state index in [1.54, 1.807) is 0 Å². The summed E-state index contributed by atoms with van der Waals surface area (Å²) < 4.78 is 6.05. The van der Waals surface area contributed by atoms with Crippen LogP contribution in [0.25, 0.3) is 0 Å². The zero-order chi connectivity index (χ0) is 20.8. The lowest BCUT2D eigenvalue weighted by Crippen LogP contribution is -2.64. The molecule has 0 heterocycles. The van der Waals surface area contributed by atoms with E-state index in [1.807, 2.05) is 0 Å². The van der Waals surface area contributed by atoms with Crippen molar-refractivity contribution in [2.24, 2.45) is 22.7 Å². The van der Waals surface area contributed by atoms with Gasteiger partial charge in [-0.1, -0.05) is 37.3 Å². The summed E-state index contributed by atoms with van der Waals surface area (Å²) in [6, 6.07) is 11.5. The number of nitrogens with one attached hydrogen (secondary N) is 1. The molecule has 1 aromatic rings. The number of benzene rings is 1. The minimum absolute atomic E-state index is 0.149. The average molecular weight is 410 g/mol. The lowest BCUT2D eigenvalue weighted by atomic mass is 9.38. The van der Waals surface area contributed by atoms with Crippen molar-refractivity contribution in [1.29, 1.82) is 0 Å². The minimum Gasteiger partial charge on any atom is -0.381 e. The summed E-state index contributed by atoms with van der Waals surface area (Å²) in [5.41, 5.74) is 1.58. The molecule has 0 radical (unpaired) electrons. The van der Waals surface area contributed by atoms with Crippen molar-refractivity contribution in [3.63, 3.8) is 0 Å². The maximum absolute atomic E-state index is 13.9. The highest BCUT2D eigenvalue weighted by molar-refractivity contribution is 5.84. The Morgan fingerprint density at radius 3 is 2.53 bits per heavy atom.